The van der Waals surface area contributed by atoms with Gasteiger partial charge in [0, 0.05) is 5.69 Å². The van der Waals surface area contributed by atoms with E-state index in [0.717, 1.165) is 12.1 Å². The lowest BCUT2D eigenvalue weighted by molar-refractivity contribution is -0.139. The third-order valence-corrected chi connectivity index (χ3v) is 4.97. The number of carboxylic acid groups (broad SMARTS) is 1. The smallest absolute Gasteiger partial charge is 0.416 e. The Morgan fingerprint density at radius 3 is 2.26 bits per heavy atom. The van der Waals surface area contributed by atoms with Gasteiger partial charge in [0.1, 0.15) is 0 Å². The molecule has 1 saturated carbocycles. The first-order valence-electron chi connectivity index (χ1n) is 8.45. The molecule has 3 rings (SSSR count). The molecule has 2 aromatic carbocycles. The highest BCUT2D eigenvalue weighted by atomic mass is 19.4. The molecule has 0 spiro atoms. The maximum Gasteiger partial charge on any atom is 0.416 e. The molecule has 0 heterocycles. The predicted molar refractivity (Wildman–Crippen MR) is 93.5 cm³/mol. The van der Waals surface area contributed by atoms with E-state index in [1.807, 2.05) is 0 Å². The monoisotopic (exact) mass is 377 g/mol. The van der Waals surface area contributed by atoms with Gasteiger partial charge in [0.05, 0.1) is 16.9 Å². The Bertz CT molecular complexity index is 871. The first-order valence-corrected chi connectivity index (χ1v) is 8.45. The Morgan fingerprint density at radius 2 is 1.74 bits per heavy atom. The average Bonchev–Trinajstić information content (AvgIpc) is 3.43. The van der Waals surface area contributed by atoms with Crippen molar-refractivity contribution in [2.45, 2.75) is 37.3 Å². The summed E-state index contributed by atoms with van der Waals surface area (Å²) in [6.07, 6.45) is -3.50. The van der Waals surface area contributed by atoms with Gasteiger partial charge in [0.15, 0.2) is 0 Å². The minimum atomic E-state index is -4.46. The number of hydrogen-bond acceptors (Lipinski definition) is 2. The Morgan fingerprint density at radius 1 is 1.11 bits per heavy atom. The molecule has 2 aromatic rings. The summed E-state index contributed by atoms with van der Waals surface area (Å²) in [5.41, 5.74) is -0.301. The van der Waals surface area contributed by atoms with E-state index in [9.17, 15) is 22.8 Å². The lowest BCUT2D eigenvalue weighted by Gasteiger charge is -2.18. The van der Waals surface area contributed by atoms with Crippen molar-refractivity contribution >= 4 is 17.6 Å². The highest BCUT2D eigenvalue weighted by molar-refractivity contribution is 6.01. The van der Waals surface area contributed by atoms with Gasteiger partial charge in [0.25, 0.3) is 0 Å². The van der Waals surface area contributed by atoms with Crippen molar-refractivity contribution in [3.05, 3.63) is 65.2 Å². The van der Waals surface area contributed by atoms with Crippen molar-refractivity contribution in [3.8, 4) is 0 Å². The van der Waals surface area contributed by atoms with Crippen molar-refractivity contribution in [3.63, 3.8) is 0 Å². The summed E-state index contributed by atoms with van der Waals surface area (Å²) in [4.78, 5) is 23.7. The fourth-order valence-electron chi connectivity index (χ4n) is 3.01. The van der Waals surface area contributed by atoms with Crippen LogP contribution in [0.3, 0.4) is 0 Å². The number of carboxylic acids is 1. The number of carbonyl (C=O) groups excluding carboxylic acids is 1. The summed E-state index contributed by atoms with van der Waals surface area (Å²) in [6.45, 7) is 1.56. The molecule has 1 fully saturated rings. The molecule has 0 aliphatic heterocycles. The minimum absolute atomic E-state index is 0.353. The van der Waals surface area contributed by atoms with Crippen LogP contribution in [0.25, 0.3) is 0 Å². The molecule has 7 heteroatoms. The topological polar surface area (TPSA) is 66.4 Å². The van der Waals surface area contributed by atoms with Crippen LogP contribution in [0.2, 0.25) is 0 Å². The fourth-order valence-corrected chi connectivity index (χ4v) is 3.01. The van der Waals surface area contributed by atoms with Gasteiger partial charge in [-0.1, -0.05) is 30.3 Å². The summed E-state index contributed by atoms with van der Waals surface area (Å²) in [6, 6.07) is 11.3. The number of hydrogen-bond donors (Lipinski definition) is 2. The molecule has 1 unspecified atom stereocenters. The molecule has 1 amide bonds. The SMILES string of the molecule is CC(C(=O)O)c1ccc(NC(=O)C2(c3cccc(C(F)(F)F)c3)CC2)cc1. The number of amides is 1. The number of alkyl halides is 3. The van der Waals surface area contributed by atoms with Crippen molar-refractivity contribution in [1.82, 2.24) is 0 Å². The number of rotatable bonds is 5. The fraction of sp³-hybridized carbons (Fsp3) is 0.300. The Balaban J connectivity index is 1.77. The van der Waals surface area contributed by atoms with Gasteiger partial charge >= 0.3 is 12.1 Å². The summed E-state index contributed by atoms with van der Waals surface area (Å²) in [5.74, 6) is -1.98. The summed E-state index contributed by atoms with van der Waals surface area (Å²) in [5, 5.41) is 11.8. The molecular weight excluding hydrogens is 359 g/mol. The number of aliphatic carboxylic acids is 1. The molecular formula is C20H18F3NO3. The van der Waals surface area contributed by atoms with Crippen LogP contribution in [-0.2, 0) is 21.2 Å². The molecule has 27 heavy (non-hydrogen) atoms. The highest BCUT2D eigenvalue weighted by Gasteiger charge is 2.51. The van der Waals surface area contributed by atoms with Gasteiger partial charge < -0.3 is 10.4 Å². The van der Waals surface area contributed by atoms with Gasteiger partial charge in [-0.2, -0.15) is 13.2 Å². The third kappa shape index (κ3) is 3.82. The van der Waals surface area contributed by atoms with Crippen molar-refractivity contribution < 1.29 is 27.9 Å². The Labute approximate surface area is 154 Å². The Kier molecular flexibility index (Phi) is 4.71. The van der Waals surface area contributed by atoms with E-state index in [4.69, 9.17) is 5.11 Å². The first-order chi connectivity index (χ1) is 12.6. The maximum absolute atomic E-state index is 12.9. The highest BCUT2D eigenvalue weighted by Crippen LogP contribution is 2.50. The number of carbonyl (C=O) groups is 2. The predicted octanol–water partition coefficient (Wildman–Crippen LogP) is 4.56. The lowest BCUT2D eigenvalue weighted by atomic mass is 9.93. The van der Waals surface area contributed by atoms with Crippen molar-refractivity contribution in [2.24, 2.45) is 0 Å². The van der Waals surface area contributed by atoms with Crippen LogP contribution < -0.4 is 5.32 Å². The van der Waals surface area contributed by atoms with Crippen LogP contribution in [0, 0.1) is 0 Å². The molecule has 1 atom stereocenters. The standard InChI is InChI=1S/C20H18F3NO3/c1-12(17(25)26)13-5-7-16(8-6-13)24-18(27)19(9-10-19)14-3-2-4-15(11-14)20(21,22)23/h2-8,11-12H,9-10H2,1H3,(H,24,27)(H,25,26). The first kappa shape index (κ1) is 18.9. The molecule has 4 nitrogen and oxygen atoms in total. The summed E-state index contributed by atoms with van der Waals surface area (Å²) >= 11 is 0. The van der Waals surface area contributed by atoms with E-state index in [1.54, 1.807) is 37.3 Å². The van der Waals surface area contributed by atoms with Crippen LogP contribution in [0.1, 0.15) is 42.4 Å². The quantitative estimate of drug-likeness (QED) is 0.803. The normalized spacial score (nSPS) is 16.4. The van der Waals surface area contributed by atoms with E-state index >= 15 is 0 Å². The molecule has 0 bridgehead atoms. The van der Waals surface area contributed by atoms with Crippen molar-refractivity contribution in [1.29, 1.82) is 0 Å². The number of nitrogens with one attached hydrogen (secondary N) is 1. The van der Waals surface area contributed by atoms with E-state index in [0.29, 0.717) is 29.7 Å². The zero-order valence-corrected chi connectivity index (χ0v) is 14.5. The van der Waals surface area contributed by atoms with E-state index in [-0.39, 0.29) is 5.91 Å². The zero-order valence-electron chi connectivity index (χ0n) is 14.5. The summed E-state index contributed by atoms with van der Waals surface area (Å²) < 4.78 is 38.8. The van der Waals surface area contributed by atoms with Crippen LogP contribution in [-0.4, -0.2) is 17.0 Å². The second-order valence-electron chi connectivity index (χ2n) is 6.80. The summed E-state index contributed by atoms with van der Waals surface area (Å²) in [7, 11) is 0. The molecule has 0 saturated heterocycles. The molecule has 1 aliphatic rings. The van der Waals surface area contributed by atoms with Crippen LogP contribution in [0.4, 0.5) is 18.9 Å². The molecule has 0 aromatic heterocycles. The average molecular weight is 377 g/mol. The van der Waals surface area contributed by atoms with E-state index < -0.39 is 29.0 Å². The van der Waals surface area contributed by atoms with Crippen LogP contribution in [0.15, 0.2) is 48.5 Å². The Hall–Kier alpha value is -2.83. The number of halogens is 3. The van der Waals surface area contributed by atoms with Gasteiger partial charge in [-0.05, 0) is 49.1 Å². The molecule has 0 radical (unpaired) electrons. The molecule has 2 N–H and O–H groups in total. The molecule has 142 valence electrons. The van der Waals surface area contributed by atoms with Crippen molar-refractivity contribution in [2.75, 3.05) is 5.32 Å². The van der Waals surface area contributed by atoms with E-state index in [2.05, 4.69) is 5.32 Å². The van der Waals surface area contributed by atoms with Gasteiger partial charge in [-0.3, -0.25) is 9.59 Å². The second kappa shape index (κ2) is 6.72. The number of benzene rings is 2. The third-order valence-electron chi connectivity index (χ3n) is 4.97. The van der Waals surface area contributed by atoms with Crippen LogP contribution >= 0.6 is 0 Å². The van der Waals surface area contributed by atoms with E-state index in [1.165, 1.54) is 6.07 Å². The van der Waals surface area contributed by atoms with Gasteiger partial charge in [-0.25, -0.2) is 0 Å². The zero-order chi connectivity index (χ0) is 19.8. The largest absolute Gasteiger partial charge is 0.481 e. The van der Waals surface area contributed by atoms with Gasteiger partial charge in [-0.15, -0.1) is 0 Å². The maximum atomic E-state index is 12.9. The second-order valence-corrected chi connectivity index (χ2v) is 6.80. The van der Waals surface area contributed by atoms with Crippen LogP contribution in [0.5, 0.6) is 0 Å². The molecule has 1 aliphatic carbocycles. The van der Waals surface area contributed by atoms with Gasteiger partial charge in [0.2, 0.25) is 5.91 Å². The lowest BCUT2D eigenvalue weighted by Crippen LogP contribution is -2.28. The minimum Gasteiger partial charge on any atom is -0.481 e. The number of anilines is 1.